The first-order valence-electron chi connectivity index (χ1n) is 14.6. The fourth-order valence-corrected chi connectivity index (χ4v) is 5.50. The van der Waals surface area contributed by atoms with Gasteiger partial charge < -0.3 is 23.7 Å². The normalized spacial score (nSPS) is 17.1. The van der Waals surface area contributed by atoms with Crippen LogP contribution in [0, 0.1) is 0 Å². The second-order valence-electron chi connectivity index (χ2n) is 11.2. The van der Waals surface area contributed by atoms with Gasteiger partial charge in [-0.1, -0.05) is 24.3 Å². The van der Waals surface area contributed by atoms with Crippen LogP contribution < -0.4 is 9.64 Å². The predicted molar refractivity (Wildman–Crippen MR) is 157 cm³/mol. The van der Waals surface area contributed by atoms with E-state index in [-0.39, 0.29) is 36.0 Å². The molecule has 45 heavy (non-hydrogen) atoms. The Kier molecular flexibility index (Phi) is 8.16. The van der Waals surface area contributed by atoms with Gasteiger partial charge in [-0.3, -0.25) is 0 Å². The van der Waals surface area contributed by atoms with Crippen molar-refractivity contribution in [3.05, 3.63) is 65.5 Å². The molecule has 4 aromatic rings. The molecule has 0 spiro atoms. The van der Waals surface area contributed by atoms with Gasteiger partial charge in [-0.2, -0.15) is 13.2 Å². The first-order chi connectivity index (χ1) is 21.6. The first kappa shape index (κ1) is 30.4. The maximum Gasteiger partial charge on any atom is 0.434 e. The van der Waals surface area contributed by atoms with Crippen LogP contribution in [0.5, 0.6) is 5.88 Å². The zero-order chi connectivity index (χ0) is 31.9. The summed E-state index contributed by atoms with van der Waals surface area (Å²) in [4.78, 5) is 37.0. The van der Waals surface area contributed by atoms with Gasteiger partial charge >= 0.3 is 12.1 Å². The van der Waals surface area contributed by atoms with Gasteiger partial charge in [-0.15, -0.1) is 0 Å². The minimum Gasteiger partial charge on any atom is -0.480 e. The Balaban J connectivity index is 1.40. The molecule has 1 saturated heterocycles. The number of morpholine rings is 1. The number of imidazole rings is 1. The zero-order valence-corrected chi connectivity index (χ0v) is 25.2. The molecular weight excluding hydrogens is 591 g/mol. The van der Waals surface area contributed by atoms with Gasteiger partial charge in [0.2, 0.25) is 5.88 Å². The molecule has 2 fully saturated rings. The minimum atomic E-state index is -4.56. The second kappa shape index (κ2) is 12.1. The molecule has 0 amide bonds. The summed E-state index contributed by atoms with van der Waals surface area (Å²) in [6, 6.07) is 6.52. The Hall–Kier alpha value is -4.59. The van der Waals surface area contributed by atoms with Crippen molar-refractivity contribution in [2.45, 2.75) is 50.9 Å². The predicted octanol–water partition coefficient (Wildman–Crippen LogP) is 5.65. The second-order valence-corrected chi connectivity index (χ2v) is 11.2. The number of carbonyl (C=O) groups is 1. The lowest BCUT2D eigenvalue weighted by Gasteiger charge is -2.37. The number of alkyl halides is 3. The highest BCUT2D eigenvalue weighted by Crippen LogP contribution is 2.45. The van der Waals surface area contributed by atoms with E-state index >= 15 is 0 Å². The summed E-state index contributed by atoms with van der Waals surface area (Å²) in [6.45, 7) is 4.67. The van der Waals surface area contributed by atoms with Gasteiger partial charge in [-0.25, -0.2) is 29.7 Å². The molecule has 1 aliphatic heterocycles. The smallest absolute Gasteiger partial charge is 0.434 e. The number of nitrogens with zero attached hydrogens (tertiary/aromatic N) is 7. The Bertz CT molecular complexity index is 1700. The number of methoxy groups -OCH3 is 2. The highest BCUT2D eigenvalue weighted by atomic mass is 19.4. The van der Waals surface area contributed by atoms with Crippen molar-refractivity contribution in [2.24, 2.45) is 0 Å². The van der Waals surface area contributed by atoms with E-state index < -0.39 is 17.8 Å². The third kappa shape index (κ3) is 5.93. The number of rotatable bonds is 8. The van der Waals surface area contributed by atoms with Crippen LogP contribution in [0.3, 0.4) is 0 Å². The van der Waals surface area contributed by atoms with Gasteiger partial charge in [0.25, 0.3) is 0 Å². The highest BCUT2D eigenvalue weighted by molar-refractivity contribution is 5.95. The molecule has 11 nitrogen and oxygen atoms in total. The molecule has 6 rings (SSSR count). The average molecular weight is 624 g/mol. The molecule has 3 aromatic heterocycles. The lowest BCUT2D eigenvalue weighted by molar-refractivity contribution is -0.140. The summed E-state index contributed by atoms with van der Waals surface area (Å²) < 4.78 is 58.4. The maximum atomic E-state index is 13.5. The van der Waals surface area contributed by atoms with E-state index in [1.54, 1.807) is 26.0 Å². The van der Waals surface area contributed by atoms with Crippen molar-refractivity contribution in [3.8, 4) is 28.7 Å². The summed E-state index contributed by atoms with van der Waals surface area (Å²) >= 11 is 0. The summed E-state index contributed by atoms with van der Waals surface area (Å²) in [7, 11) is 2.81. The van der Waals surface area contributed by atoms with Crippen LogP contribution in [-0.4, -0.2) is 69.4 Å². The van der Waals surface area contributed by atoms with Gasteiger partial charge in [0.1, 0.15) is 29.1 Å². The number of anilines is 1. The van der Waals surface area contributed by atoms with Crippen LogP contribution in [0.1, 0.15) is 72.0 Å². The molecule has 4 heterocycles. The van der Waals surface area contributed by atoms with Crippen LogP contribution in [0.25, 0.3) is 22.8 Å². The van der Waals surface area contributed by atoms with Crippen LogP contribution in [0.2, 0.25) is 0 Å². The molecule has 1 aromatic carbocycles. The fraction of sp³-hybridized carbons (Fsp3) is 0.419. The molecular formula is C31H32F3N7O4. The van der Waals surface area contributed by atoms with E-state index in [4.69, 9.17) is 19.2 Å². The maximum absolute atomic E-state index is 13.5. The molecule has 1 atom stereocenters. The van der Waals surface area contributed by atoms with E-state index in [1.165, 1.54) is 31.3 Å². The Morgan fingerprint density at radius 3 is 2.47 bits per heavy atom. The summed E-state index contributed by atoms with van der Waals surface area (Å²) in [5.74, 6) is 0.876. The molecule has 236 valence electrons. The average Bonchev–Trinajstić information content (AvgIpc) is 3.79. The van der Waals surface area contributed by atoms with E-state index in [9.17, 15) is 18.0 Å². The molecule has 1 unspecified atom stereocenters. The molecule has 0 bridgehead atoms. The Morgan fingerprint density at radius 1 is 1.07 bits per heavy atom. The van der Waals surface area contributed by atoms with E-state index in [1.807, 2.05) is 17.0 Å². The van der Waals surface area contributed by atoms with Crippen molar-refractivity contribution in [1.29, 1.82) is 0 Å². The van der Waals surface area contributed by atoms with Gasteiger partial charge in [0.15, 0.2) is 11.5 Å². The standard InChI is InChI=1S/C31H32F3N7O4/c1-17(2)41-14-23(31(32,33)34)38-27(41)20-9-5-18(6-10-20)22-15-45-12-11-40(22)28-21(30(42)44-4)13-35-26(39-28)24-25(19-7-8-19)36-16-37-29(24)43-3/h5-6,9-10,13-14,16-17,19,22H,7-8,11-12,15H2,1-4H3. The number of esters is 1. The number of aromatic nitrogens is 6. The number of carbonyl (C=O) groups excluding carboxylic acids is 1. The lowest BCUT2D eigenvalue weighted by Crippen LogP contribution is -2.41. The number of hydrogen-bond donors (Lipinski definition) is 0. The summed E-state index contributed by atoms with van der Waals surface area (Å²) in [5.41, 5.74) is 1.95. The Morgan fingerprint density at radius 2 is 1.82 bits per heavy atom. The van der Waals surface area contributed by atoms with E-state index in [2.05, 4.69) is 19.9 Å². The van der Waals surface area contributed by atoms with Crippen molar-refractivity contribution < 1.29 is 32.2 Å². The van der Waals surface area contributed by atoms with Gasteiger partial charge in [-0.05, 0) is 32.3 Å². The minimum absolute atomic E-state index is 0.173. The van der Waals surface area contributed by atoms with Gasteiger partial charge in [0, 0.05) is 36.5 Å². The molecule has 0 radical (unpaired) electrons. The Labute approximate surface area is 257 Å². The lowest BCUT2D eigenvalue weighted by atomic mass is 10.0. The zero-order valence-electron chi connectivity index (χ0n) is 25.2. The topological polar surface area (TPSA) is 117 Å². The number of halogens is 3. The molecule has 1 saturated carbocycles. The molecule has 0 N–H and O–H groups in total. The van der Waals surface area contributed by atoms with Crippen LogP contribution in [-0.2, 0) is 15.7 Å². The van der Waals surface area contributed by atoms with Crippen LogP contribution >= 0.6 is 0 Å². The monoisotopic (exact) mass is 623 g/mol. The van der Waals surface area contributed by atoms with Crippen molar-refractivity contribution in [2.75, 3.05) is 38.9 Å². The van der Waals surface area contributed by atoms with Crippen molar-refractivity contribution in [1.82, 2.24) is 29.5 Å². The fourth-order valence-electron chi connectivity index (χ4n) is 5.50. The largest absolute Gasteiger partial charge is 0.480 e. The molecule has 14 heteroatoms. The number of benzene rings is 1. The van der Waals surface area contributed by atoms with Gasteiger partial charge in [0.05, 0.1) is 39.2 Å². The number of hydrogen-bond acceptors (Lipinski definition) is 10. The highest BCUT2D eigenvalue weighted by Gasteiger charge is 2.36. The van der Waals surface area contributed by atoms with E-state index in [0.29, 0.717) is 41.8 Å². The van der Waals surface area contributed by atoms with Crippen molar-refractivity contribution in [3.63, 3.8) is 0 Å². The third-order valence-corrected chi connectivity index (χ3v) is 7.93. The van der Waals surface area contributed by atoms with E-state index in [0.717, 1.165) is 30.3 Å². The van der Waals surface area contributed by atoms with Crippen LogP contribution in [0.4, 0.5) is 19.0 Å². The van der Waals surface area contributed by atoms with Crippen molar-refractivity contribution >= 4 is 11.8 Å². The first-order valence-corrected chi connectivity index (χ1v) is 14.6. The number of ether oxygens (including phenoxy) is 3. The molecule has 1 aliphatic carbocycles. The van der Waals surface area contributed by atoms with Crippen LogP contribution in [0.15, 0.2) is 43.0 Å². The summed E-state index contributed by atoms with van der Waals surface area (Å²) in [6.07, 6.45) is 1.34. The third-order valence-electron chi connectivity index (χ3n) is 7.93. The quantitative estimate of drug-likeness (QED) is 0.228. The summed E-state index contributed by atoms with van der Waals surface area (Å²) in [5, 5.41) is 0. The molecule has 2 aliphatic rings. The SMILES string of the molecule is COC(=O)c1cnc(-c2c(OC)ncnc2C2CC2)nc1N1CCOCC1c1ccc(-c2nc(C(F)(F)F)cn2C(C)C)cc1.